The molecule has 0 saturated carbocycles. The van der Waals surface area contributed by atoms with Gasteiger partial charge in [0.15, 0.2) is 15.0 Å². The molecule has 1 saturated heterocycles. The second kappa shape index (κ2) is 6.49. The number of anilines is 1. The van der Waals surface area contributed by atoms with Crippen molar-refractivity contribution in [2.75, 3.05) is 22.2 Å². The lowest BCUT2D eigenvalue weighted by molar-refractivity contribution is 0.601. The van der Waals surface area contributed by atoms with Gasteiger partial charge in [0.25, 0.3) is 0 Å². The summed E-state index contributed by atoms with van der Waals surface area (Å²) in [5, 5.41) is 1.52. The van der Waals surface area contributed by atoms with Crippen molar-refractivity contribution in [1.82, 2.24) is 0 Å². The van der Waals surface area contributed by atoms with Crippen molar-refractivity contribution in [3.8, 4) is 0 Å². The molecule has 0 amide bonds. The Labute approximate surface area is 146 Å². The predicted molar refractivity (Wildman–Crippen MR) is 99.5 cm³/mol. The third kappa shape index (κ3) is 3.75. The molecular weight excluding hydrogens is 352 g/mol. The van der Waals surface area contributed by atoms with Crippen LogP contribution in [0.1, 0.15) is 13.8 Å². The van der Waals surface area contributed by atoms with E-state index in [1.807, 2.05) is 29.2 Å². The lowest BCUT2D eigenvalue weighted by atomic mass is 10.1. The van der Waals surface area contributed by atoms with E-state index in [2.05, 4.69) is 24.9 Å². The molecule has 2 aliphatic rings. The molecule has 1 fully saturated rings. The summed E-state index contributed by atoms with van der Waals surface area (Å²) in [6, 6.07) is 7.23. The maximum absolute atomic E-state index is 12.0. The van der Waals surface area contributed by atoms with Gasteiger partial charge in [-0.1, -0.05) is 41.1 Å². The molecule has 23 heavy (non-hydrogen) atoms. The zero-order valence-electron chi connectivity index (χ0n) is 13.1. The largest absolute Gasteiger partial charge is 0.315 e. The number of amidine groups is 1. The van der Waals surface area contributed by atoms with Crippen LogP contribution in [-0.2, 0) is 9.84 Å². The van der Waals surface area contributed by atoms with Gasteiger partial charge in [0.1, 0.15) is 0 Å². The minimum Gasteiger partial charge on any atom is -0.315 e. The average molecular weight is 371 g/mol. The Hall–Kier alpha value is -0.980. The Kier molecular flexibility index (Phi) is 4.76. The number of benzene rings is 1. The fourth-order valence-corrected chi connectivity index (χ4v) is 6.03. The van der Waals surface area contributed by atoms with Crippen molar-refractivity contribution >= 4 is 44.1 Å². The molecule has 0 radical (unpaired) electrons. The molecule has 2 atom stereocenters. The smallest absolute Gasteiger partial charge is 0.164 e. The van der Waals surface area contributed by atoms with Crippen LogP contribution in [-0.4, -0.2) is 42.9 Å². The summed E-state index contributed by atoms with van der Waals surface area (Å²) in [5.41, 5.74) is 2.17. The monoisotopic (exact) mass is 370 g/mol. The minimum atomic E-state index is -3.02. The van der Waals surface area contributed by atoms with Gasteiger partial charge in [-0.15, -0.1) is 0 Å². The second-order valence-electron chi connectivity index (χ2n) is 6.07. The number of hydrogen-bond acceptors (Lipinski definition) is 5. The molecule has 0 aliphatic carbocycles. The summed E-state index contributed by atoms with van der Waals surface area (Å²) in [6.07, 6.45) is 2.15. The molecule has 0 aromatic heterocycles. The maximum atomic E-state index is 12.0. The van der Waals surface area contributed by atoms with E-state index in [9.17, 15) is 8.42 Å². The second-order valence-corrected chi connectivity index (χ2v) is 9.64. The number of rotatable bonds is 3. The van der Waals surface area contributed by atoms with Crippen LogP contribution >= 0.6 is 23.4 Å². The number of sulfone groups is 1. The summed E-state index contributed by atoms with van der Waals surface area (Å²) in [4.78, 5) is 6.73. The molecule has 2 heterocycles. The number of thioether (sulfide) groups is 1. The van der Waals surface area contributed by atoms with Gasteiger partial charge in [0.05, 0.1) is 23.6 Å². The van der Waals surface area contributed by atoms with Crippen molar-refractivity contribution in [1.29, 1.82) is 0 Å². The predicted octanol–water partition coefficient (Wildman–Crippen LogP) is 3.38. The normalized spacial score (nSPS) is 25.2. The van der Waals surface area contributed by atoms with Crippen molar-refractivity contribution < 1.29 is 8.42 Å². The number of allylic oxidation sites excluding steroid dienone is 1. The SMILES string of the molecule is CC(C)=CCSC1=N[C@@H]2CS(=O)(=O)C[C@H]2N1c1cccc(Cl)c1. The van der Waals surface area contributed by atoms with Crippen molar-refractivity contribution in [3.05, 3.63) is 40.9 Å². The maximum Gasteiger partial charge on any atom is 0.164 e. The first-order valence-corrected chi connectivity index (χ1v) is 10.6. The molecule has 0 N–H and O–H groups in total. The van der Waals surface area contributed by atoms with Gasteiger partial charge in [-0.25, -0.2) is 8.42 Å². The first-order chi connectivity index (χ1) is 10.9. The Morgan fingerprint density at radius 3 is 2.91 bits per heavy atom. The summed E-state index contributed by atoms with van der Waals surface area (Å²) in [6.45, 7) is 4.13. The molecule has 0 bridgehead atoms. The highest BCUT2D eigenvalue weighted by Gasteiger charge is 2.47. The number of halogens is 1. The van der Waals surface area contributed by atoms with E-state index < -0.39 is 9.84 Å². The van der Waals surface area contributed by atoms with Gasteiger partial charge in [-0.2, -0.15) is 0 Å². The molecule has 2 aliphatic heterocycles. The summed E-state index contributed by atoms with van der Waals surface area (Å²) in [7, 11) is -3.02. The lowest BCUT2D eigenvalue weighted by Gasteiger charge is -2.26. The molecule has 124 valence electrons. The van der Waals surface area contributed by atoms with Gasteiger partial charge >= 0.3 is 0 Å². The van der Waals surface area contributed by atoms with E-state index in [1.54, 1.807) is 11.8 Å². The zero-order valence-corrected chi connectivity index (χ0v) is 15.5. The Bertz CT molecular complexity index is 770. The minimum absolute atomic E-state index is 0.118. The molecule has 3 rings (SSSR count). The molecule has 7 heteroatoms. The number of aliphatic imine (C=N–C) groups is 1. The van der Waals surface area contributed by atoms with Crippen LogP contribution in [0.2, 0.25) is 5.02 Å². The van der Waals surface area contributed by atoms with Crippen LogP contribution in [0.15, 0.2) is 40.9 Å². The third-order valence-electron chi connectivity index (χ3n) is 3.90. The quantitative estimate of drug-likeness (QED) is 0.765. The van der Waals surface area contributed by atoms with E-state index in [1.165, 1.54) is 5.57 Å². The van der Waals surface area contributed by atoms with Gasteiger partial charge < -0.3 is 4.90 Å². The highest BCUT2D eigenvalue weighted by molar-refractivity contribution is 8.14. The summed E-state index contributed by atoms with van der Waals surface area (Å²) in [5.74, 6) is 1.12. The van der Waals surface area contributed by atoms with E-state index >= 15 is 0 Å². The van der Waals surface area contributed by atoms with Crippen molar-refractivity contribution in [2.24, 2.45) is 4.99 Å². The molecule has 1 aromatic rings. The van der Waals surface area contributed by atoms with Crippen molar-refractivity contribution in [2.45, 2.75) is 25.9 Å². The molecule has 0 spiro atoms. The number of fused-ring (bicyclic) bond motifs is 1. The van der Waals surface area contributed by atoms with E-state index in [4.69, 9.17) is 11.6 Å². The average Bonchev–Trinajstić information content (AvgIpc) is 2.89. The van der Waals surface area contributed by atoms with Crippen molar-refractivity contribution in [3.63, 3.8) is 0 Å². The van der Waals surface area contributed by atoms with Crippen LogP contribution in [0.25, 0.3) is 0 Å². The van der Waals surface area contributed by atoms with E-state index in [0.29, 0.717) is 5.02 Å². The van der Waals surface area contributed by atoms with Crippen LogP contribution in [0.4, 0.5) is 5.69 Å². The van der Waals surface area contributed by atoms with Crippen LogP contribution in [0.5, 0.6) is 0 Å². The lowest BCUT2D eigenvalue weighted by Crippen LogP contribution is -2.39. The van der Waals surface area contributed by atoms with Crippen LogP contribution in [0, 0.1) is 0 Å². The van der Waals surface area contributed by atoms with Gasteiger partial charge in [-0.3, -0.25) is 4.99 Å². The topological polar surface area (TPSA) is 49.7 Å². The van der Waals surface area contributed by atoms with Crippen LogP contribution in [0.3, 0.4) is 0 Å². The highest BCUT2D eigenvalue weighted by atomic mass is 35.5. The molecule has 0 unspecified atom stereocenters. The number of hydrogen-bond donors (Lipinski definition) is 0. The zero-order chi connectivity index (χ0) is 16.6. The highest BCUT2D eigenvalue weighted by Crippen LogP contribution is 2.35. The summed E-state index contributed by atoms with van der Waals surface area (Å²) >= 11 is 7.75. The molecular formula is C16H19ClN2O2S2. The number of nitrogens with zero attached hydrogens (tertiary/aromatic N) is 2. The Balaban J connectivity index is 1.91. The van der Waals surface area contributed by atoms with Gasteiger partial charge in [-0.05, 0) is 32.0 Å². The fourth-order valence-electron chi connectivity index (χ4n) is 2.84. The van der Waals surface area contributed by atoms with E-state index in [-0.39, 0.29) is 23.6 Å². The van der Waals surface area contributed by atoms with Gasteiger partial charge in [0, 0.05) is 16.5 Å². The third-order valence-corrected chi connectivity index (χ3v) is 6.73. The standard InChI is InChI=1S/C16H19ClN2O2S2/c1-11(2)6-7-22-16-18-14-9-23(20,21)10-15(14)19(16)13-5-3-4-12(17)8-13/h3-6,8,14-15H,7,9-10H2,1-2H3/t14-,15-/m1/s1. The molecule has 1 aromatic carbocycles. The first-order valence-electron chi connectivity index (χ1n) is 7.45. The Morgan fingerprint density at radius 2 is 2.22 bits per heavy atom. The van der Waals surface area contributed by atoms with Crippen LogP contribution < -0.4 is 4.90 Å². The van der Waals surface area contributed by atoms with Gasteiger partial charge in [0.2, 0.25) is 0 Å². The van der Waals surface area contributed by atoms with E-state index in [0.717, 1.165) is 16.6 Å². The fraction of sp³-hybridized carbons (Fsp3) is 0.438. The Morgan fingerprint density at radius 1 is 1.43 bits per heavy atom. The first kappa shape index (κ1) is 16.9. The summed E-state index contributed by atoms with van der Waals surface area (Å²) < 4.78 is 23.9. The molecule has 4 nitrogen and oxygen atoms in total.